The van der Waals surface area contributed by atoms with Crippen LogP contribution >= 0.6 is 0 Å². The minimum absolute atomic E-state index is 0.0249. The van der Waals surface area contributed by atoms with Gasteiger partial charge in [0.15, 0.2) is 5.78 Å². The first-order valence-electron chi connectivity index (χ1n) is 10.0. The molecule has 4 saturated carbocycles. The van der Waals surface area contributed by atoms with E-state index in [1.165, 1.54) is 31.3 Å². The average Bonchev–Trinajstić information content (AvgIpc) is 3.09. The van der Waals surface area contributed by atoms with E-state index in [0.717, 1.165) is 43.9 Å². The molecule has 0 heterocycles. The van der Waals surface area contributed by atoms with Crippen molar-refractivity contribution in [2.75, 3.05) is 0 Å². The van der Waals surface area contributed by atoms with Gasteiger partial charge in [0.1, 0.15) is 5.78 Å². The number of carbonyl (C=O) groups is 2. The lowest BCUT2D eigenvalue weighted by Gasteiger charge is -2.55. The van der Waals surface area contributed by atoms with Gasteiger partial charge in [0.05, 0.1) is 0 Å². The second-order valence-electron chi connectivity index (χ2n) is 9.33. The fourth-order valence-corrected chi connectivity index (χ4v) is 7.75. The molecule has 4 fully saturated rings. The van der Waals surface area contributed by atoms with Crippen molar-refractivity contribution < 1.29 is 9.59 Å². The first kappa shape index (κ1) is 15.1. The van der Waals surface area contributed by atoms with Crippen LogP contribution in [0.5, 0.6) is 0 Å². The van der Waals surface area contributed by atoms with E-state index >= 15 is 0 Å². The van der Waals surface area contributed by atoms with Crippen molar-refractivity contribution >= 4 is 11.6 Å². The van der Waals surface area contributed by atoms with Gasteiger partial charge in [-0.05, 0) is 86.7 Å². The number of Topliss-reactive ketones (excluding diaryl/α,β-unsaturated/α-hetero) is 1. The summed E-state index contributed by atoms with van der Waals surface area (Å²) in [5.41, 5.74) is 1.66. The first-order chi connectivity index (χ1) is 11.6. The van der Waals surface area contributed by atoms with E-state index < -0.39 is 0 Å². The Kier molecular flexibility index (Phi) is 3.10. The number of allylic oxidation sites excluding steroid dienone is 4. The summed E-state index contributed by atoms with van der Waals surface area (Å²) < 4.78 is 0. The Labute approximate surface area is 144 Å². The molecule has 0 bridgehead atoms. The predicted molar refractivity (Wildman–Crippen MR) is 93.3 cm³/mol. The van der Waals surface area contributed by atoms with Crippen LogP contribution in [0.2, 0.25) is 0 Å². The van der Waals surface area contributed by atoms with Gasteiger partial charge in [0.25, 0.3) is 0 Å². The highest BCUT2D eigenvalue weighted by molar-refractivity contribution is 6.00. The molecule has 0 aromatic carbocycles. The topological polar surface area (TPSA) is 34.1 Å². The number of rotatable bonds is 0. The van der Waals surface area contributed by atoms with Crippen molar-refractivity contribution in [3.8, 4) is 0 Å². The molecule has 0 N–H and O–H groups in total. The van der Waals surface area contributed by atoms with E-state index in [9.17, 15) is 9.59 Å². The molecule has 5 aliphatic rings. The summed E-state index contributed by atoms with van der Waals surface area (Å²) in [4.78, 5) is 24.5. The Morgan fingerprint density at radius 1 is 1.00 bits per heavy atom. The fraction of sp³-hybridized carbons (Fsp3) is 0.727. The van der Waals surface area contributed by atoms with Gasteiger partial charge in [0, 0.05) is 17.8 Å². The normalized spacial score (nSPS) is 49.8. The van der Waals surface area contributed by atoms with Crippen molar-refractivity contribution in [1.82, 2.24) is 0 Å². The van der Waals surface area contributed by atoms with E-state index in [4.69, 9.17) is 0 Å². The molecule has 0 aromatic heterocycles. The zero-order valence-electron chi connectivity index (χ0n) is 14.7. The largest absolute Gasteiger partial charge is 0.299 e. The Hall–Kier alpha value is -1.18. The average molecular weight is 324 g/mol. The lowest BCUT2D eigenvalue weighted by atomic mass is 9.48. The monoisotopic (exact) mass is 324 g/mol. The molecular formula is C22H28O2. The maximum absolute atomic E-state index is 12.8. The van der Waals surface area contributed by atoms with Crippen LogP contribution in [0.1, 0.15) is 64.7 Å². The minimum atomic E-state index is 0.0249. The van der Waals surface area contributed by atoms with Gasteiger partial charge >= 0.3 is 0 Å². The zero-order valence-corrected chi connectivity index (χ0v) is 14.7. The molecule has 0 aliphatic heterocycles. The molecule has 128 valence electrons. The molecule has 0 saturated heterocycles. The summed E-state index contributed by atoms with van der Waals surface area (Å²) in [5.74, 6) is 3.46. The molecule has 2 heteroatoms. The highest BCUT2D eigenvalue weighted by Gasteiger charge is 2.65. The second kappa shape index (κ2) is 4.93. The smallest absolute Gasteiger partial charge is 0.178 e. The van der Waals surface area contributed by atoms with E-state index in [1.54, 1.807) is 6.08 Å². The minimum Gasteiger partial charge on any atom is -0.299 e. The quantitative estimate of drug-likeness (QED) is 0.650. The summed E-state index contributed by atoms with van der Waals surface area (Å²) in [6.07, 6.45) is 16.2. The van der Waals surface area contributed by atoms with Crippen LogP contribution in [0, 0.1) is 34.5 Å². The number of hydrogen-bond acceptors (Lipinski definition) is 2. The number of hydrogen-bond donors (Lipinski definition) is 0. The second-order valence-corrected chi connectivity index (χ2v) is 9.33. The molecule has 5 rings (SSSR count). The molecule has 0 radical (unpaired) electrons. The van der Waals surface area contributed by atoms with Gasteiger partial charge in [0.2, 0.25) is 0 Å². The Balaban J connectivity index is 1.49. The van der Waals surface area contributed by atoms with Gasteiger partial charge in [-0.1, -0.05) is 18.6 Å². The zero-order chi connectivity index (χ0) is 16.5. The standard InChI is InChI=1S/C22H28O2/c1-21-11-8-17-16-7-5-15(23)13-14(16)4-6-18(17)19(21)9-12-22(21)10-2-3-20(22)24/h5,7,13,16-19H,2-4,6,8-12H2,1H3/t16?,17?,18?,19?,21?,22-/m1/s1. The number of carbonyl (C=O) groups excluding carboxylic acids is 2. The summed E-state index contributed by atoms with van der Waals surface area (Å²) in [6.45, 7) is 2.47. The Bertz CT molecular complexity index is 671. The van der Waals surface area contributed by atoms with E-state index in [-0.39, 0.29) is 16.6 Å². The van der Waals surface area contributed by atoms with Gasteiger partial charge in [-0.15, -0.1) is 0 Å². The molecule has 5 aliphatic carbocycles. The van der Waals surface area contributed by atoms with Crippen molar-refractivity contribution in [3.63, 3.8) is 0 Å². The molecule has 24 heavy (non-hydrogen) atoms. The van der Waals surface area contributed by atoms with Crippen LogP contribution in [0.15, 0.2) is 23.8 Å². The molecule has 5 unspecified atom stereocenters. The number of ketones is 2. The van der Waals surface area contributed by atoms with Gasteiger partial charge in [-0.3, -0.25) is 9.59 Å². The third-order valence-electron chi connectivity index (χ3n) is 8.85. The van der Waals surface area contributed by atoms with Crippen LogP contribution in [-0.4, -0.2) is 11.6 Å². The highest BCUT2D eigenvalue weighted by atomic mass is 16.1. The van der Waals surface area contributed by atoms with Crippen LogP contribution in [0.3, 0.4) is 0 Å². The molecule has 0 aromatic rings. The molecule has 0 amide bonds. The fourth-order valence-electron chi connectivity index (χ4n) is 7.75. The summed E-state index contributed by atoms with van der Waals surface area (Å²) in [7, 11) is 0. The summed E-state index contributed by atoms with van der Waals surface area (Å²) >= 11 is 0. The van der Waals surface area contributed by atoms with Crippen molar-refractivity contribution in [2.45, 2.75) is 64.7 Å². The third kappa shape index (κ3) is 1.73. The van der Waals surface area contributed by atoms with Crippen LogP contribution in [-0.2, 0) is 9.59 Å². The van der Waals surface area contributed by atoms with Crippen LogP contribution < -0.4 is 0 Å². The van der Waals surface area contributed by atoms with Crippen LogP contribution in [0.25, 0.3) is 0 Å². The van der Waals surface area contributed by atoms with E-state index in [1.807, 2.05) is 6.08 Å². The molecule has 2 nitrogen and oxygen atoms in total. The lowest BCUT2D eigenvalue weighted by Crippen LogP contribution is -2.50. The molecular weight excluding hydrogens is 296 g/mol. The third-order valence-corrected chi connectivity index (χ3v) is 8.85. The lowest BCUT2D eigenvalue weighted by molar-refractivity contribution is -0.136. The Morgan fingerprint density at radius 2 is 1.88 bits per heavy atom. The van der Waals surface area contributed by atoms with Crippen molar-refractivity contribution in [1.29, 1.82) is 0 Å². The van der Waals surface area contributed by atoms with Gasteiger partial charge in [-0.25, -0.2) is 0 Å². The number of fused-ring (bicyclic) bond motifs is 6. The molecule has 1 spiro atoms. The summed E-state index contributed by atoms with van der Waals surface area (Å²) in [6, 6.07) is 0. The van der Waals surface area contributed by atoms with Gasteiger partial charge in [-0.2, -0.15) is 0 Å². The Morgan fingerprint density at radius 3 is 2.67 bits per heavy atom. The first-order valence-corrected chi connectivity index (χ1v) is 10.0. The summed E-state index contributed by atoms with van der Waals surface area (Å²) in [5, 5.41) is 0. The van der Waals surface area contributed by atoms with Gasteiger partial charge < -0.3 is 0 Å². The van der Waals surface area contributed by atoms with Crippen molar-refractivity contribution in [2.24, 2.45) is 34.5 Å². The predicted octanol–water partition coefficient (Wildman–Crippen LogP) is 4.64. The van der Waals surface area contributed by atoms with E-state index in [2.05, 4.69) is 13.0 Å². The van der Waals surface area contributed by atoms with E-state index in [0.29, 0.717) is 17.6 Å². The maximum atomic E-state index is 12.8. The molecule has 6 atom stereocenters. The van der Waals surface area contributed by atoms with Crippen molar-refractivity contribution in [3.05, 3.63) is 23.8 Å². The van der Waals surface area contributed by atoms with Crippen LogP contribution in [0.4, 0.5) is 0 Å². The highest BCUT2D eigenvalue weighted by Crippen LogP contribution is 2.70. The SMILES string of the molecule is CC12CCC3C4C=CC(=O)C=C4CCC3C1CC[C@@]21CCCC1=O. The maximum Gasteiger partial charge on any atom is 0.178 e.